The third-order valence-corrected chi connectivity index (χ3v) is 4.57. The van der Waals surface area contributed by atoms with Crippen molar-refractivity contribution in [3.8, 4) is 0 Å². The van der Waals surface area contributed by atoms with E-state index in [-0.39, 0.29) is 0 Å². The van der Waals surface area contributed by atoms with Gasteiger partial charge in [0.25, 0.3) is 0 Å². The second kappa shape index (κ2) is 4.43. The van der Waals surface area contributed by atoms with Crippen molar-refractivity contribution in [1.82, 2.24) is 10.2 Å². The molecule has 2 heteroatoms. The van der Waals surface area contributed by atoms with Crippen LogP contribution in [-0.4, -0.2) is 31.1 Å². The van der Waals surface area contributed by atoms with Gasteiger partial charge < -0.3 is 5.32 Å². The minimum Gasteiger partial charge on any atom is -0.317 e. The summed E-state index contributed by atoms with van der Waals surface area (Å²) in [7, 11) is 2.33. The zero-order chi connectivity index (χ0) is 11.7. The van der Waals surface area contributed by atoms with Crippen LogP contribution in [0.25, 0.3) is 0 Å². The average Bonchev–Trinajstić information content (AvgIpc) is 3.21. The first kappa shape index (κ1) is 11.2. The number of rotatable bonds is 3. The summed E-state index contributed by atoms with van der Waals surface area (Å²) in [5.41, 5.74) is 1.88. The van der Waals surface area contributed by atoms with Gasteiger partial charge in [-0.3, -0.25) is 4.90 Å². The zero-order valence-electron chi connectivity index (χ0n) is 10.7. The molecule has 1 heterocycles. The van der Waals surface area contributed by atoms with E-state index in [1.807, 2.05) is 0 Å². The van der Waals surface area contributed by atoms with Crippen molar-refractivity contribution in [3.63, 3.8) is 0 Å². The van der Waals surface area contributed by atoms with Crippen LogP contribution in [0.2, 0.25) is 0 Å². The first-order valence-electron chi connectivity index (χ1n) is 6.82. The second-order valence-electron chi connectivity index (χ2n) is 5.49. The molecule has 0 bridgehead atoms. The van der Waals surface area contributed by atoms with Crippen LogP contribution in [0, 0.1) is 0 Å². The lowest BCUT2D eigenvalue weighted by Gasteiger charge is -2.38. The largest absolute Gasteiger partial charge is 0.317 e. The highest BCUT2D eigenvalue weighted by Gasteiger charge is 2.49. The molecule has 0 radical (unpaired) electrons. The fraction of sp³-hybridized carbons (Fsp3) is 0.600. The van der Waals surface area contributed by atoms with Crippen LogP contribution in [0.4, 0.5) is 0 Å². The van der Waals surface area contributed by atoms with Crippen molar-refractivity contribution in [2.45, 2.75) is 37.3 Å². The summed E-state index contributed by atoms with van der Waals surface area (Å²) < 4.78 is 0. The normalized spacial score (nSPS) is 23.9. The van der Waals surface area contributed by atoms with Gasteiger partial charge in [-0.05, 0) is 51.4 Å². The molecule has 2 fully saturated rings. The van der Waals surface area contributed by atoms with Crippen LogP contribution in [0.1, 0.15) is 31.2 Å². The van der Waals surface area contributed by atoms with Gasteiger partial charge in [-0.2, -0.15) is 0 Å². The van der Waals surface area contributed by atoms with Crippen LogP contribution in [0.3, 0.4) is 0 Å². The highest BCUT2D eigenvalue weighted by Crippen LogP contribution is 2.51. The van der Waals surface area contributed by atoms with E-state index in [9.17, 15) is 0 Å². The summed E-state index contributed by atoms with van der Waals surface area (Å²) in [5.74, 6) is 0. The van der Waals surface area contributed by atoms with Gasteiger partial charge in [0.05, 0.1) is 0 Å². The van der Waals surface area contributed by atoms with E-state index in [0.717, 1.165) is 6.04 Å². The smallest absolute Gasteiger partial charge is 0.0462 e. The fourth-order valence-corrected chi connectivity index (χ4v) is 3.26. The summed E-state index contributed by atoms with van der Waals surface area (Å²) in [6.07, 6.45) is 5.26. The Morgan fingerprint density at radius 2 is 1.76 bits per heavy atom. The van der Waals surface area contributed by atoms with Crippen LogP contribution in [0.5, 0.6) is 0 Å². The Bertz CT molecular complexity index is 364. The molecule has 17 heavy (non-hydrogen) atoms. The molecule has 2 nitrogen and oxygen atoms in total. The van der Waals surface area contributed by atoms with Crippen molar-refractivity contribution in [3.05, 3.63) is 35.9 Å². The van der Waals surface area contributed by atoms with Gasteiger partial charge in [0.2, 0.25) is 0 Å². The molecule has 3 rings (SSSR count). The van der Waals surface area contributed by atoms with E-state index < -0.39 is 0 Å². The maximum Gasteiger partial charge on any atom is 0.0462 e. The number of hydrogen-bond acceptors (Lipinski definition) is 2. The van der Waals surface area contributed by atoms with Crippen LogP contribution in [-0.2, 0) is 5.54 Å². The van der Waals surface area contributed by atoms with Gasteiger partial charge in [0.1, 0.15) is 0 Å². The van der Waals surface area contributed by atoms with Gasteiger partial charge in [-0.25, -0.2) is 0 Å². The summed E-state index contributed by atoms with van der Waals surface area (Å²) in [6.45, 7) is 2.36. The molecule has 1 aliphatic carbocycles. The first-order chi connectivity index (χ1) is 8.33. The molecular weight excluding hydrogens is 208 g/mol. The quantitative estimate of drug-likeness (QED) is 0.857. The SMILES string of the molecule is CN(C1CCNCC1)C1(c2ccccc2)CC1. The molecule has 0 unspecified atom stereocenters. The molecule has 1 aliphatic heterocycles. The molecular formula is C15H22N2. The predicted molar refractivity (Wildman–Crippen MR) is 71.0 cm³/mol. The van der Waals surface area contributed by atoms with Crippen LogP contribution >= 0.6 is 0 Å². The van der Waals surface area contributed by atoms with E-state index >= 15 is 0 Å². The summed E-state index contributed by atoms with van der Waals surface area (Å²) >= 11 is 0. The lowest BCUT2D eigenvalue weighted by Crippen LogP contribution is -2.46. The van der Waals surface area contributed by atoms with Gasteiger partial charge >= 0.3 is 0 Å². The minimum absolute atomic E-state index is 0.364. The topological polar surface area (TPSA) is 15.3 Å². The van der Waals surface area contributed by atoms with Crippen molar-refractivity contribution in [1.29, 1.82) is 0 Å². The molecule has 0 amide bonds. The average molecular weight is 230 g/mol. The Morgan fingerprint density at radius 1 is 1.12 bits per heavy atom. The summed E-state index contributed by atoms with van der Waals surface area (Å²) in [5, 5.41) is 3.45. The monoisotopic (exact) mass is 230 g/mol. The Morgan fingerprint density at radius 3 is 2.35 bits per heavy atom. The molecule has 1 N–H and O–H groups in total. The predicted octanol–water partition coefficient (Wildman–Crippen LogP) is 2.36. The van der Waals surface area contributed by atoms with Gasteiger partial charge in [0, 0.05) is 11.6 Å². The lowest BCUT2D eigenvalue weighted by molar-refractivity contribution is 0.126. The van der Waals surface area contributed by atoms with Gasteiger partial charge in [-0.1, -0.05) is 30.3 Å². The zero-order valence-corrected chi connectivity index (χ0v) is 10.7. The highest BCUT2D eigenvalue weighted by molar-refractivity contribution is 5.30. The molecule has 1 saturated heterocycles. The molecule has 2 aliphatic rings. The lowest BCUT2D eigenvalue weighted by atomic mass is 9.97. The third kappa shape index (κ3) is 2.00. The van der Waals surface area contributed by atoms with Crippen molar-refractivity contribution in [2.75, 3.05) is 20.1 Å². The third-order valence-electron chi connectivity index (χ3n) is 4.57. The maximum absolute atomic E-state index is 3.45. The maximum atomic E-state index is 3.45. The Balaban J connectivity index is 1.78. The molecule has 1 saturated carbocycles. The number of nitrogens with one attached hydrogen (secondary N) is 1. The molecule has 1 aromatic carbocycles. The van der Waals surface area contributed by atoms with Gasteiger partial charge in [-0.15, -0.1) is 0 Å². The van der Waals surface area contributed by atoms with Crippen LogP contribution < -0.4 is 5.32 Å². The summed E-state index contributed by atoms with van der Waals surface area (Å²) in [6, 6.07) is 11.8. The molecule has 92 valence electrons. The number of piperidine rings is 1. The van der Waals surface area contributed by atoms with Crippen molar-refractivity contribution >= 4 is 0 Å². The van der Waals surface area contributed by atoms with Crippen molar-refractivity contribution in [2.24, 2.45) is 0 Å². The Hall–Kier alpha value is -0.860. The second-order valence-corrected chi connectivity index (χ2v) is 5.49. The Labute approximate surface area is 104 Å². The van der Waals surface area contributed by atoms with Crippen LogP contribution in [0.15, 0.2) is 30.3 Å². The van der Waals surface area contributed by atoms with E-state index in [2.05, 4.69) is 47.6 Å². The van der Waals surface area contributed by atoms with E-state index in [0.29, 0.717) is 5.54 Å². The van der Waals surface area contributed by atoms with Gasteiger partial charge in [0.15, 0.2) is 0 Å². The van der Waals surface area contributed by atoms with Crippen molar-refractivity contribution < 1.29 is 0 Å². The Kier molecular flexibility index (Phi) is 2.93. The summed E-state index contributed by atoms with van der Waals surface area (Å²) in [4.78, 5) is 2.66. The molecule has 0 atom stereocenters. The first-order valence-corrected chi connectivity index (χ1v) is 6.82. The highest BCUT2D eigenvalue weighted by atomic mass is 15.2. The number of hydrogen-bond donors (Lipinski definition) is 1. The standard InChI is InChI=1S/C15H22N2/c1-17(14-7-11-16-12-8-14)15(9-10-15)13-5-3-2-4-6-13/h2-6,14,16H,7-12H2,1H3. The number of benzene rings is 1. The molecule has 1 aromatic rings. The molecule has 0 spiro atoms. The molecule has 0 aromatic heterocycles. The minimum atomic E-state index is 0.364. The van der Waals surface area contributed by atoms with E-state index in [4.69, 9.17) is 0 Å². The van der Waals surface area contributed by atoms with E-state index in [1.165, 1.54) is 44.3 Å². The number of nitrogens with zero attached hydrogens (tertiary/aromatic N) is 1. The van der Waals surface area contributed by atoms with E-state index in [1.54, 1.807) is 0 Å². The fourth-order valence-electron chi connectivity index (χ4n) is 3.26.